The van der Waals surface area contributed by atoms with Crippen molar-refractivity contribution in [1.29, 1.82) is 0 Å². The summed E-state index contributed by atoms with van der Waals surface area (Å²) >= 11 is 13.3. The molecule has 1 unspecified atom stereocenters. The zero-order valence-corrected chi connectivity index (χ0v) is 15.4. The van der Waals surface area contributed by atoms with Gasteiger partial charge in [-0.15, -0.1) is 0 Å². The Morgan fingerprint density at radius 2 is 1.88 bits per heavy atom. The number of benzene rings is 2. The topological polar surface area (TPSA) is 29.1 Å². The van der Waals surface area contributed by atoms with Gasteiger partial charge in [-0.1, -0.05) is 72.6 Å². The second kappa shape index (κ2) is 6.49. The van der Waals surface area contributed by atoms with Crippen LogP contribution in [0.5, 0.6) is 0 Å². The third-order valence-corrected chi connectivity index (χ3v) is 5.79. The minimum absolute atomic E-state index is 0.0160. The van der Waals surface area contributed by atoms with E-state index in [1.54, 1.807) is 7.05 Å². The zero-order chi connectivity index (χ0) is 17.4. The highest BCUT2D eigenvalue weighted by atomic mass is 35.5. The maximum absolute atomic E-state index is 13.0. The fourth-order valence-electron chi connectivity index (χ4n) is 3.06. The second-order valence-corrected chi connectivity index (χ2v) is 7.21. The summed E-state index contributed by atoms with van der Waals surface area (Å²) in [6.07, 6.45) is 0.510. The van der Waals surface area contributed by atoms with Crippen molar-refractivity contribution >= 4 is 29.1 Å². The van der Waals surface area contributed by atoms with E-state index in [2.05, 4.69) is 5.43 Å². The molecule has 1 fully saturated rings. The standard InChI is InChI=1S/C19H21Cl2N2O/c1-3-19(21,18(24)23(22-2)11-12-23)15-9-10-16(17(20)13-15)14-7-5-4-6-8-14/h4-10,13,22H,3,11-12H2,1-2H3/q+1. The molecular weight excluding hydrogens is 343 g/mol. The van der Waals surface area contributed by atoms with Gasteiger partial charge in [0.25, 0.3) is 0 Å². The van der Waals surface area contributed by atoms with Crippen LogP contribution in [0.15, 0.2) is 48.5 Å². The van der Waals surface area contributed by atoms with Crippen LogP contribution in [0.4, 0.5) is 0 Å². The summed E-state index contributed by atoms with van der Waals surface area (Å²) in [7, 11) is 1.79. The number of carbonyl (C=O) groups is 1. The van der Waals surface area contributed by atoms with Gasteiger partial charge in [0.15, 0.2) is 18.0 Å². The smallest absolute Gasteiger partial charge is 0.226 e. The van der Waals surface area contributed by atoms with Gasteiger partial charge in [0, 0.05) is 17.6 Å². The summed E-state index contributed by atoms with van der Waals surface area (Å²) in [6, 6.07) is 15.6. The van der Waals surface area contributed by atoms with Gasteiger partial charge >= 0.3 is 5.91 Å². The van der Waals surface area contributed by atoms with Gasteiger partial charge < -0.3 is 0 Å². The molecule has 1 saturated heterocycles. The Morgan fingerprint density at radius 1 is 1.21 bits per heavy atom. The van der Waals surface area contributed by atoms with E-state index in [1.807, 2.05) is 55.5 Å². The third kappa shape index (κ3) is 2.86. The molecule has 1 aliphatic heterocycles. The van der Waals surface area contributed by atoms with Crippen molar-refractivity contribution in [3.8, 4) is 11.1 Å². The Bertz CT molecular complexity index is 759. The summed E-state index contributed by atoms with van der Waals surface area (Å²) < 4.78 is 0.232. The predicted molar refractivity (Wildman–Crippen MR) is 98.8 cm³/mol. The molecule has 3 rings (SSSR count). The van der Waals surface area contributed by atoms with Crippen molar-refractivity contribution in [2.45, 2.75) is 18.2 Å². The molecule has 0 saturated carbocycles. The Morgan fingerprint density at radius 3 is 2.38 bits per heavy atom. The number of alkyl halides is 1. The van der Waals surface area contributed by atoms with E-state index in [9.17, 15) is 4.79 Å². The average Bonchev–Trinajstić information content (AvgIpc) is 3.42. The van der Waals surface area contributed by atoms with Gasteiger partial charge in [0.2, 0.25) is 0 Å². The Kier molecular flexibility index (Phi) is 4.71. The highest BCUT2D eigenvalue weighted by Crippen LogP contribution is 2.41. The number of hydrogen-bond acceptors (Lipinski definition) is 2. The van der Waals surface area contributed by atoms with E-state index < -0.39 is 4.87 Å². The summed E-state index contributed by atoms with van der Waals surface area (Å²) in [5, 5.41) is 0.603. The van der Waals surface area contributed by atoms with Gasteiger partial charge in [-0.3, -0.25) is 0 Å². The van der Waals surface area contributed by atoms with E-state index in [-0.39, 0.29) is 10.5 Å². The lowest BCUT2D eigenvalue weighted by Gasteiger charge is -2.27. The lowest BCUT2D eigenvalue weighted by Crippen LogP contribution is -2.51. The van der Waals surface area contributed by atoms with Crippen molar-refractivity contribution in [2.75, 3.05) is 20.1 Å². The summed E-state index contributed by atoms with van der Waals surface area (Å²) in [4.78, 5) is 11.9. The van der Waals surface area contributed by atoms with Crippen LogP contribution in [0.3, 0.4) is 0 Å². The molecule has 2 aromatic rings. The molecule has 0 bridgehead atoms. The maximum atomic E-state index is 13.0. The Balaban J connectivity index is 1.99. The molecule has 5 heteroatoms. The molecule has 126 valence electrons. The molecule has 0 radical (unpaired) electrons. The normalized spacial score (nSPS) is 18.0. The van der Waals surface area contributed by atoms with Gasteiger partial charge in [-0.2, -0.15) is 10.0 Å². The largest absolute Gasteiger partial charge is 0.358 e. The molecule has 1 heterocycles. The molecule has 1 amide bonds. The van der Waals surface area contributed by atoms with Gasteiger partial charge in [0.05, 0.1) is 0 Å². The van der Waals surface area contributed by atoms with Crippen LogP contribution in [0, 0.1) is 0 Å². The van der Waals surface area contributed by atoms with Crippen LogP contribution in [-0.2, 0) is 9.67 Å². The first-order chi connectivity index (χ1) is 11.5. The Labute approximate surface area is 152 Å². The zero-order valence-electron chi connectivity index (χ0n) is 13.9. The van der Waals surface area contributed by atoms with Gasteiger partial charge in [-0.25, -0.2) is 4.79 Å². The number of halogens is 2. The molecule has 0 aromatic heterocycles. The number of rotatable bonds is 5. The molecule has 3 nitrogen and oxygen atoms in total. The van der Waals surface area contributed by atoms with Gasteiger partial charge in [0.1, 0.15) is 0 Å². The first-order valence-electron chi connectivity index (χ1n) is 8.12. The monoisotopic (exact) mass is 363 g/mol. The van der Waals surface area contributed by atoms with E-state index >= 15 is 0 Å². The highest BCUT2D eigenvalue weighted by molar-refractivity contribution is 6.35. The second-order valence-electron chi connectivity index (χ2n) is 6.16. The van der Waals surface area contributed by atoms with E-state index in [1.165, 1.54) is 0 Å². The van der Waals surface area contributed by atoms with Crippen molar-refractivity contribution in [1.82, 2.24) is 5.43 Å². The lowest BCUT2D eigenvalue weighted by atomic mass is 9.92. The molecule has 1 aliphatic rings. The van der Waals surface area contributed by atoms with Crippen LogP contribution in [0.1, 0.15) is 18.9 Å². The van der Waals surface area contributed by atoms with Crippen LogP contribution >= 0.6 is 23.2 Å². The summed E-state index contributed by atoms with van der Waals surface area (Å²) in [5.41, 5.74) is 5.82. The molecule has 1 N–H and O–H groups in total. The fourth-order valence-corrected chi connectivity index (χ4v) is 3.63. The van der Waals surface area contributed by atoms with Crippen molar-refractivity contribution in [2.24, 2.45) is 0 Å². The van der Waals surface area contributed by atoms with Crippen LogP contribution in [0.25, 0.3) is 11.1 Å². The van der Waals surface area contributed by atoms with Crippen molar-refractivity contribution in [3.05, 3.63) is 59.1 Å². The van der Waals surface area contributed by atoms with Gasteiger partial charge in [-0.05, 0) is 23.6 Å². The number of amides is 1. The molecule has 2 aromatic carbocycles. The number of hydrogen-bond donors (Lipinski definition) is 1. The van der Waals surface area contributed by atoms with E-state index in [4.69, 9.17) is 23.2 Å². The SMILES string of the molecule is CCC(Cl)(C(=O)[N+]1(NC)CC1)c1ccc(-c2ccccc2)c(Cl)c1. The molecule has 0 spiro atoms. The summed E-state index contributed by atoms with van der Waals surface area (Å²) in [6.45, 7) is 3.48. The van der Waals surface area contributed by atoms with Crippen LogP contribution < -0.4 is 5.43 Å². The van der Waals surface area contributed by atoms with Crippen molar-refractivity contribution in [3.63, 3.8) is 0 Å². The molecule has 1 atom stereocenters. The predicted octanol–water partition coefficient (Wildman–Crippen LogP) is 4.34. The average molecular weight is 364 g/mol. The molecular formula is C19H21Cl2N2O+. The first kappa shape index (κ1) is 17.4. The number of nitrogens with one attached hydrogen (secondary N) is 1. The number of nitrogens with zero attached hydrogens (tertiary/aromatic N) is 1. The third-order valence-electron chi connectivity index (χ3n) is 4.83. The highest BCUT2D eigenvalue weighted by Gasteiger charge is 2.58. The lowest BCUT2D eigenvalue weighted by molar-refractivity contribution is -0.768. The van der Waals surface area contributed by atoms with Crippen LogP contribution in [-0.4, -0.2) is 30.6 Å². The number of carbonyl (C=O) groups excluding carboxylic acids is 1. The van der Waals surface area contributed by atoms with Crippen LogP contribution in [0.2, 0.25) is 5.02 Å². The molecule has 0 aliphatic carbocycles. The maximum Gasteiger partial charge on any atom is 0.358 e. The van der Waals surface area contributed by atoms with Crippen molar-refractivity contribution < 1.29 is 9.39 Å². The minimum Gasteiger partial charge on any atom is -0.226 e. The Hall–Kier alpha value is -1.39. The number of quaternary nitrogens is 1. The van der Waals surface area contributed by atoms with E-state index in [0.717, 1.165) is 29.8 Å². The van der Waals surface area contributed by atoms with E-state index in [0.29, 0.717) is 11.4 Å². The molecule has 24 heavy (non-hydrogen) atoms. The minimum atomic E-state index is -1.07. The summed E-state index contributed by atoms with van der Waals surface area (Å²) in [5.74, 6) is -0.0160. The fraction of sp³-hybridized carbons (Fsp3) is 0.316. The first-order valence-corrected chi connectivity index (χ1v) is 8.88. The quantitative estimate of drug-likeness (QED) is 0.486.